The van der Waals surface area contributed by atoms with Crippen LogP contribution in [-0.4, -0.2) is 28.5 Å². The Balaban J connectivity index is 2.19. The lowest BCUT2D eigenvalue weighted by Gasteiger charge is -2.14. The largest absolute Gasteiger partial charge is 0.476 e. The van der Waals surface area contributed by atoms with Crippen LogP contribution in [0.5, 0.6) is 5.88 Å². The summed E-state index contributed by atoms with van der Waals surface area (Å²) in [7, 11) is 1.35. The number of hydrogen-bond donors (Lipinski definition) is 1. The van der Waals surface area contributed by atoms with Crippen LogP contribution in [0, 0.1) is 15.5 Å². The van der Waals surface area contributed by atoms with Crippen LogP contribution < -0.4 is 10.1 Å². The molecule has 7 heteroatoms. The van der Waals surface area contributed by atoms with Gasteiger partial charge in [-0.3, -0.25) is 10.1 Å². The van der Waals surface area contributed by atoms with E-state index in [1.54, 1.807) is 0 Å². The molecule has 1 saturated carbocycles. The standard InChI is InChI=1S/C11H16N4O3/c1-3-11(4-5-11)6-12-9-8(15(16)17)10(18-2)14-7-13-9/h7H,3-6H2,1-2H3,(H,12,13,14). The molecule has 0 unspecified atom stereocenters. The first-order valence-corrected chi connectivity index (χ1v) is 5.89. The minimum Gasteiger partial charge on any atom is -0.476 e. The van der Waals surface area contributed by atoms with Gasteiger partial charge in [0, 0.05) is 6.54 Å². The van der Waals surface area contributed by atoms with Gasteiger partial charge in [-0.25, -0.2) is 4.98 Å². The molecule has 1 fully saturated rings. The first-order chi connectivity index (χ1) is 8.62. The summed E-state index contributed by atoms with van der Waals surface area (Å²) in [4.78, 5) is 18.2. The number of ether oxygens (including phenoxy) is 1. The molecule has 1 aromatic heterocycles. The molecule has 1 aliphatic carbocycles. The molecule has 1 N–H and O–H groups in total. The quantitative estimate of drug-likeness (QED) is 0.615. The van der Waals surface area contributed by atoms with Crippen LogP contribution in [0.2, 0.25) is 0 Å². The van der Waals surface area contributed by atoms with Gasteiger partial charge in [0.2, 0.25) is 5.82 Å². The van der Waals surface area contributed by atoms with Crippen molar-refractivity contribution in [3.8, 4) is 5.88 Å². The lowest BCUT2D eigenvalue weighted by molar-refractivity contribution is -0.385. The van der Waals surface area contributed by atoms with E-state index in [-0.39, 0.29) is 22.8 Å². The SMILES string of the molecule is CCC1(CNc2ncnc(OC)c2[N+](=O)[O-])CC1. The van der Waals surface area contributed by atoms with Gasteiger partial charge >= 0.3 is 5.69 Å². The molecule has 1 heterocycles. The van der Waals surface area contributed by atoms with Gasteiger partial charge in [0.15, 0.2) is 0 Å². The third kappa shape index (κ3) is 2.34. The van der Waals surface area contributed by atoms with Gasteiger partial charge in [-0.05, 0) is 24.7 Å². The fourth-order valence-electron chi connectivity index (χ4n) is 1.91. The van der Waals surface area contributed by atoms with Crippen molar-refractivity contribution < 1.29 is 9.66 Å². The lowest BCUT2D eigenvalue weighted by atomic mass is 10.0. The highest BCUT2D eigenvalue weighted by Crippen LogP contribution is 2.48. The Bertz CT molecular complexity index is 460. The number of nitrogens with zero attached hydrogens (tertiary/aromatic N) is 3. The molecule has 0 amide bonds. The molecule has 7 nitrogen and oxygen atoms in total. The molecule has 18 heavy (non-hydrogen) atoms. The van der Waals surface area contributed by atoms with Crippen molar-refractivity contribution in [3.05, 3.63) is 16.4 Å². The number of aromatic nitrogens is 2. The van der Waals surface area contributed by atoms with Gasteiger partial charge in [-0.15, -0.1) is 0 Å². The molecular formula is C11H16N4O3. The summed E-state index contributed by atoms with van der Waals surface area (Å²) in [6, 6.07) is 0. The van der Waals surface area contributed by atoms with Crippen molar-refractivity contribution in [1.82, 2.24) is 9.97 Å². The van der Waals surface area contributed by atoms with Gasteiger partial charge < -0.3 is 10.1 Å². The second-order valence-electron chi connectivity index (χ2n) is 4.54. The van der Waals surface area contributed by atoms with Crippen molar-refractivity contribution in [1.29, 1.82) is 0 Å². The Morgan fingerprint density at radius 2 is 2.28 bits per heavy atom. The van der Waals surface area contributed by atoms with Crippen LogP contribution in [0.1, 0.15) is 26.2 Å². The van der Waals surface area contributed by atoms with Crippen LogP contribution in [-0.2, 0) is 0 Å². The summed E-state index contributed by atoms with van der Waals surface area (Å²) in [5, 5.41) is 14.1. The smallest absolute Gasteiger partial charge is 0.372 e. The lowest BCUT2D eigenvalue weighted by Crippen LogP contribution is -2.16. The number of nitrogens with one attached hydrogen (secondary N) is 1. The van der Waals surface area contributed by atoms with Gasteiger partial charge in [-0.2, -0.15) is 4.98 Å². The highest BCUT2D eigenvalue weighted by molar-refractivity contribution is 5.61. The molecule has 0 aromatic carbocycles. The van der Waals surface area contributed by atoms with Crippen LogP contribution in [0.25, 0.3) is 0 Å². The monoisotopic (exact) mass is 252 g/mol. The van der Waals surface area contributed by atoms with Gasteiger partial charge in [0.1, 0.15) is 6.33 Å². The number of nitro groups is 1. The molecule has 1 aliphatic rings. The molecule has 0 bridgehead atoms. The van der Waals surface area contributed by atoms with E-state index in [2.05, 4.69) is 22.2 Å². The van der Waals surface area contributed by atoms with Crippen LogP contribution in [0.4, 0.5) is 11.5 Å². The van der Waals surface area contributed by atoms with Crippen molar-refractivity contribution in [2.75, 3.05) is 19.0 Å². The summed E-state index contributed by atoms with van der Waals surface area (Å²) in [6.45, 7) is 2.83. The zero-order valence-electron chi connectivity index (χ0n) is 10.5. The molecule has 0 aliphatic heterocycles. The van der Waals surface area contributed by atoms with E-state index < -0.39 is 4.92 Å². The Morgan fingerprint density at radius 3 is 2.78 bits per heavy atom. The van der Waals surface area contributed by atoms with Crippen LogP contribution in [0.3, 0.4) is 0 Å². The molecule has 98 valence electrons. The summed E-state index contributed by atoms with van der Waals surface area (Å²) in [5.74, 6) is 0.213. The second-order valence-corrected chi connectivity index (χ2v) is 4.54. The predicted octanol–water partition coefficient (Wildman–Crippen LogP) is 2.00. The molecule has 2 rings (SSSR count). The fourth-order valence-corrected chi connectivity index (χ4v) is 1.91. The predicted molar refractivity (Wildman–Crippen MR) is 65.7 cm³/mol. The maximum absolute atomic E-state index is 11.0. The van der Waals surface area contributed by atoms with E-state index in [4.69, 9.17) is 4.74 Å². The van der Waals surface area contributed by atoms with Crippen molar-refractivity contribution in [2.45, 2.75) is 26.2 Å². The summed E-state index contributed by atoms with van der Waals surface area (Å²) >= 11 is 0. The maximum Gasteiger partial charge on any atom is 0.372 e. The Kier molecular flexibility index (Phi) is 3.31. The average Bonchev–Trinajstić information content (AvgIpc) is 3.16. The minimum absolute atomic E-state index is 0.0150. The van der Waals surface area contributed by atoms with Crippen molar-refractivity contribution in [3.63, 3.8) is 0 Å². The molecule has 0 spiro atoms. The average molecular weight is 252 g/mol. The zero-order valence-corrected chi connectivity index (χ0v) is 10.5. The Labute approximate surface area is 105 Å². The van der Waals surface area contributed by atoms with E-state index in [0.29, 0.717) is 6.54 Å². The summed E-state index contributed by atoms with van der Waals surface area (Å²) in [6.07, 6.45) is 4.65. The normalized spacial score (nSPS) is 16.1. The number of hydrogen-bond acceptors (Lipinski definition) is 6. The van der Waals surface area contributed by atoms with E-state index in [1.807, 2.05) is 0 Å². The number of methoxy groups -OCH3 is 1. The van der Waals surface area contributed by atoms with E-state index >= 15 is 0 Å². The van der Waals surface area contributed by atoms with E-state index in [9.17, 15) is 10.1 Å². The molecule has 0 saturated heterocycles. The van der Waals surface area contributed by atoms with Gasteiger partial charge in [-0.1, -0.05) is 6.92 Å². The number of anilines is 1. The van der Waals surface area contributed by atoms with Crippen LogP contribution >= 0.6 is 0 Å². The van der Waals surface area contributed by atoms with E-state index in [1.165, 1.54) is 13.4 Å². The summed E-state index contributed by atoms with van der Waals surface area (Å²) in [5.41, 5.74) is 0.0818. The van der Waals surface area contributed by atoms with Crippen molar-refractivity contribution in [2.24, 2.45) is 5.41 Å². The second kappa shape index (κ2) is 4.75. The highest BCUT2D eigenvalue weighted by atomic mass is 16.6. The number of rotatable bonds is 6. The van der Waals surface area contributed by atoms with E-state index in [0.717, 1.165) is 19.3 Å². The third-order valence-corrected chi connectivity index (χ3v) is 3.50. The molecule has 1 aromatic rings. The fraction of sp³-hybridized carbons (Fsp3) is 0.636. The zero-order chi connectivity index (χ0) is 13.2. The molecule has 0 atom stereocenters. The molecular weight excluding hydrogens is 236 g/mol. The Hall–Kier alpha value is -1.92. The van der Waals surface area contributed by atoms with Crippen molar-refractivity contribution >= 4 is 11.5 Å². The first kappa shape index (κ1) is 12.5. The summed E-state index contributed by atoms with van der Waals surface area (Å²) < 4.78 is 4.89. The topological polar surface area (TPSA) is 90.2 Å². The van der Waals surface area contributed by atoms with Gasteiger partial charge in [0.25, 0.3) is 5.88 Å². The van der Waals surface area contributed by atoms with Gasteiger partial charge in [0.05, 0.1) is 12.0 Å². The third-order valence-electron chi connectivity index (χ3n) is 3.50. The maximum atomic E-state index is 11.0. The highest BCUT2D eigenvalue weighted by Gasteiger charge is 2.41. The minimum atomic E-state index is -0.521. The Morgan fingerprint density at radius 1 is 1.56 bits per heavy atom. The molecule has 0 radical (unpaired) electrons. The first-order valence-electron chi connectivity index (χ1n) is 5.89. The van der Waals surface area contributed by atoms with Crippen LogP contribution in [0.15, 0.2) is 6.33 Å².